The lowest BCUT2D eigenvalue weighted by Crippen LogP contribution is -2.49. The van der Waals surface area contributed by atoms with Crippen LogP contribution in [0.1, 0.15) is 35.5 Å². The van der Waals surface area contributed by atoms with Gasteiger partial charge in [-0.05, 0) is 44.0 Å². The van der Waals surface area contributed by atoms with Crippen LogP contribution >= 0.6 is 11.3 Å². The number of thiazole rings is 1. The van der Waals surface area contributed by atoms with Gasteiger partial charge in [0.05, 0.1) is 16.7 Å². The van der Waals surface area contributed by atoms with Gasteiger partial charge in [0.1, 0.15) is 0 Å². The summed E-state index contributed by atoms with van der Waals surface area (Å²) in [7, 11) is 0. The highest BCUT2D eigenvalue weighted by atomic mass is 32.1. The molecule has 0 bridgehead atoms. The summed E-state index contributed by atoms with van der Waals surface area (Å²) in [6.07, 6.45) is 7.64. The van der Waals surface area contributed by atoms with Crippen molar-refractivity contribution in [3.05, 3.63) is 46.2 Å². The number of carbonyl (C=O) groups is 1. The van der Waals surface area contributed by atoms with Crippen LogP contribution in [0.3, 0.4) is 0 Å². The van der Waals surface area contributed by atoms with Crippen LogP contribution in [0.15, 0.2) is 29.9 Å². The first kappa shape index (κ1) is 17.0. The van der Waals surface area contributed by atoms with Crippen LogP contribution in [0.2, 0.25) is 0 Å². The van der Waals surface area contributed by atoms with E-state index < -0.39 is 0 Å². The van der Waals surface area contributed by atoms with E-state index in [9.17, 15) is 4.79 Å². The molecule has 1 amide bonds. The monoisotopic (exact) mass is 344 g/mol. The van der Waals surface area contributed by atoms with E-state index >= 15 is 0 Å². The molecule has 2 aromatic heterocycles. The third-order valence-electron chi connectivity index (χ3n) is 4.40. The lowest BCUT2D eigenvalue weighted by molar-refractivity contribution is -0.127. The van der Waals surface area contributed by atoms with E-state index in [-0.39, 0.29) is 11.9 Å². The molecule has 128 valence electrons. The van der Waals surface area contributed by atoms with Crippen molar-refractivity contribution in [2.75, 3.05) is 13.1 Å². The van der Waals surface area contributed by atoms with Crippen LogP contribution in [0.25, 0.3) is 0 Å². The number of amides is 1. The number of nitrogens with one attached hydrogen (secondary N) is 1. The van der Waals surface area contributed by atoms with Crippen LogP contribution in [0.5, 0.6) is 0 Å². The van der Waals surface area contributed by atoms with Gasteiger partial charge in [0.2, 0.25) is 5.91 Å². The zero-order valence-corrected chi connectivity index (χ0v) is 14.9. The molecule has 3 heterocycles. The maximum Gasteiger partial charge on any atom is 0.237 e. The van der Waals surface area contributed by atoms with Crippen LogP contribution in [-0.4, -0.2) is 39.9 Å². The summed E-state index contributed by atoms with van der Waals surface area (Å²) >= 11 is 1.66. The van der Waals surface area contributed by atoms with Crippen LogP contribution in [0, 0.1) is 6.92 Å². The highest BCUT2D eigenvalue weighted by molar-refractivity contribution is 7.09. The first-order chi connectivity index (χ1) is 11.7. The molecule has 1 saturated heterocycles. The number of aromatic nitrogens is 2. The van der Waals surface area contributed by atoms with Crippen molar-refractivity contribution in [1.29, 1.82) is 0 Å². The molecule has 24 heavy (non-hydrogen) atoms. The molecule has 0 saturated carbocycles. The molecule has 1 fully saturated rings. The first-order valence-electron chi connectivity index (χ1n) is 8.54. The van der Waals surface area contributed by atoms with Crippen molar-refractivity contribution in [3.8, 4) is 0 Å². The molecule has 3 rings (SSSR count). The Bertz CT molecular complexity index is 658. The molecule has 1 aliphatic rings. The highest BCUT2D eigenvalue weighted by Gasteiger charge is 2.28. The summed E-state index contributed by atoms with van der Waals surface area (Å²) < 4.78 is 0. The van der Waals surface area contributed by atoms with Crippen molar-refractivity contribution in [2.45, 2.75) is 45.2 Å². The number of pyridine rings is 1. The van der Waals surface area contributed by atoms with Gasteiger partial charge < -0.3 is 5.32 Å². The number of hydrogen-bond acceptors (Lipinski definition) is 5. The number of piperidine rings is 1. The topological polar surface area (TPSA) is 58.1 Å². The van der Waals surface area contributed by atoms with Gasteiger partial charge in [-0.2, -0.15) is 0 Å². The lowest BCUT2D eigenvalue weighted by atomic mass is 10.0. The van der Waals surface area contributed by atoms with Gasteiger partial charge in [-0.1, -0.05) is 6.42 Å². The fraction of sp³-hybridized carbons (Fsp3) is 0.500. The zero-order chi connectivity index (χ0) is 16.8. The number of aryl methyl sites for hydroxylation is 1. The zero-order valence-electron chi connectivity index (χ0n) is 14.1. The Kier molecular flexibility index (Phi) is 5.93. The number of hydrogen-bond donors (Lipinski definition) is 1. The van der Waals surface area contributed by atoms with E-state index in [4.69, 9.17) is 0 Å². The van der Waals surface area contributed by atoms with E-state index in [1.807, 2.05) is 31.5 Å². The quantitative estimate of drug-likeness (QED) is 0.875. The third-order valence-corrected chi connectivity index (χ3v) is 5.22. The maximum atomic E-state index is 12.6. The Morgan fingerprint density at radius 1 is 1.38 bits per heavy atom. The second-order valence-corrected chi connectivity index (χ2v) is 7.30. The molecular weight excluding hydrogens is 320 g/mol. The number of carbonyl (C=O) groups excluding carboxylic acids is 1. The smallest absolute Gasteiger partial charge is 0.237 e. The molecule has 0 unspecified atom stereocenters. The summed E-state index contributed by atoms with van der Waals surface area (Å²) in [5.74, 6) is 0.149. The fourth-order valence-corrected chi connectivity index (χ4v) is 3.80. The fourth-order valence-electron chi connectivity index (χ4n) is 3.15. The summed E-state index contributed by atoms with van der Waals surface area (Å²) in [5.41, 5.74) is 2.28. The Labute approximate surface area is 147 Å². The van der Waals surface area contributed by atoms with Crippen molar-refractivity contribution in [1.82, 2.24) is 20.2 Å². The molecule has 1 N–H and O–H groups in total. The SMILES string of the molecule is Cc1nc(CCNC(=O)[C@H]2CCCCN2Cc2ccncc2)cs1. The van der Waals surface area contributed by atoms with Crippen molar-refractivity contribution in [3.63, 3.8) is 0 Å². The molecule has 6 heteroatoms. The van der Waals surface area contributed by atoms with Gasteiger partial charge in [0.15, 0.2) is 0 Å². The predicted molar refractivity (Wildman–Crippen MR) is 95.9 cm³/mol. The van der Waals surface area contributed by atoms with Gasteiger partial charge in [-0.25, -0.2) is 4.98 Å². The van der Waals surface area contributed by atoms with Crippen LogP contribution in [0.4, 0.5) is 0 Å². The minimum absolute atomic E-state index is 0.0240. The second kappa shape index (κ2) is 8.35. The Morgan fingerprint density at radius 2 is 2.21 bits per heavy atom. The summed E-state index contributed by atoms with van der Waals surface area (Å²) in [4.78, 5) is 23.4. The first-order valence-corrected chi connectivity index (χ1v) is 9.42. The van der Waals surface area contributed by atoms with Crippen LogP contribution in [-0.2, 0) is 17.8 Å². The molecule has 0 spiro atoms. The number of nitrogens with zero attached hydrogens (tertiary/aromatic N) is 3. The average Bonchev–Trinajstić information content (AvgIpc) is 3.01. The molecule has 0 aromatic carbocycles. The molecule has 0 radical (unpaired) electrons. The third kappa shape index (κ3) is 4.61. The molecule has 0 aliphatic carbocycles. The van der Waals surface area contributed by atoms with E-state index in [1.165, 1.54) is 5.56 Å². The molecular formula is C18H24N4OS. The summed E-state index contributed by atoms with van der Waals surface area (Å²) in [6.45, 7) is 4.45. The van der Waals surface area contributed by atoms with Gasteiger partial charge in [-0.3, -0.25) is 14.7 Å². The van der Waals surface area contributed by atoms with E-state index in [2.05, 4.69) is 25.6 Å². The van der Waals surface area contributed by atoms with Gasteiger partial charge in [-0.15, -0.1) is 11.3 Å². The number of likely N-dealkylation sites (tertiary alicyclic amines) is 1. The van der Waals surface area contributed by atoms with Crippen molar-refractivity contribution in [2.24, 2.45) is 0 Å². The Balaban J connectivity index is 1.53. The van der Waals surface area contributed by atoms with E-state index in [1.54, 1.807) is 11.3 Å². The Hall–Kier alpha value is -1.79. The summed E-state index contributed by atoms with van der Waals surface area (Å²) in [6, 6.07) is 4.02. The Morgan fingerprint density at radius 3 is 2.96 bits per heavy atom. The summed E-state index contributed by atoms with van der Waals surface area (Å²) in [5, 5.41) is 6.24. The molecule has 1 aliphatic heterocycles. The molecule has 1 atom stereocenters. The largest absolute Gasteiger partial charge is 0.354 e. The van der Waals surface area contributed by atoms with Crippen molar-refractivity contribution < 1.29 is 4.79 Å². The second-order valence-electron chi connectivity index (χ2n) is 6.24. The van der Waals surface area contributed by atoms with Gasteiger partial charge >= 0.3 is 0 Å². The average molecular weight is 344 g/mol. The lowest BCUT2D eigenvalue weighted by Gasteiger charge is -2.34. The standard InChI is InChI=1S/C18H24N4OS/c1-14-21-16(13-24-14)7-10-20-18(23)17-4-2-3-11-22(17)12-15-5-8-19-9-6-15/h5-6,8-9,13,17H,2-4,7,10-12H2,1H3,(H,20,23)/t17-/m1/s1. The minimum Gasteiger partial charge on any atom is -0.354 e. The number of rotatable bonds is 6. The maximum absolute atomic E-state index is 12.6. The van der Waals surface area contributed by atoms with E-state index in [0.29, 0.717) is 6.54 Å². The minimum atomic E-state index is -0.0240. The van der Waals surface area contributed by atoms with Gasteiger partial charge in [0, 0.05) is 37.3 Å². The molecule has 5 nitrogen and oxygen atoms in total. The highest BCUT2D eigenvalue weighted by Crippen LogP contribution is 2.19. The van der Waals surface area contributed by atoms with Gasteiger partial charge in [0.25, 0.3) is 0 Å². The molecule has 2 aromatic rings. The normalized spacial score (nSPS) is 18.5. The van der Waals surface area contributed by atoms with Crippen LogP contribution < -0.4 is 5.32 Å². The van der Waals surface area contributed by atoms with E-state index in [0.717, 1.165) is 49.5 Å². The predicted octanol–water partition coefficient (Wildman–Crippen LogP) is 2.56. The van der Waals surface area contributed by atoms with Crippen molar-refractivity contribution >= 4 is 17.2 Å².